The molecule has 0 aromatic heterocycles. The largest absolute Gasteiger partial charge is 0.340 e. The van der Waals surface area contributed by atoms with E-state index in [4.69, 9.17) is 0 Å². The van der Waals surface area contributed by atoms with Crippen molar-refractivity contribution in [3.05, 3.63) is 42.8 Å². The lowest BCUT2D eigenvalue weighted by atomic mass is 9.94. The Balaban J connectivity index is 1.85. The first-order chi connectivity index (χ1) is 8.97. The molecule has 1 fully saturated rings. The van der Waals surface area contributed by atoms with Crippen molar-refractivity contribution in [3.63, 3.8) is 0 Å². The first-order valence-corrected chi connectivity index (χ1v) is 6.88. The smallest absolute Gasteiger partial charge is 0.228 e. The molecule has 19 heavy (non-hydrogen) atoms. The Kier molecular flexibility index (Phi) is 4.25. The van der Waals surface area contributed by atoms with Crippen LogP contribution in [0.2, 0.25) is 0 Å². The number of carbonyl (C=O) groups excluding carboxylic acids is 1. The summed E-state index contributed by atoms with van der Waals surface area (Å²) in [5.74, 6) is 0.159. The zero-order valence-electron chi connectivity index (χ0n) is 11.9. The van der Waals surface area contributed by atoms with Crippen LogP contribution >= 0.6 is 0 Å². The maximum atomic E-state index is 12.1. The normalized spacial score (nSPS) is 17.5. The van der Waals surface area contributed by atoms with Crippen LogP contribution in [0.3, 0.4) is 0 Å². The van der Waals surface area contributed by atoms with E-state index < -0.39 is 5.41 Å². The van der Waals surface area contributed by atoms with Crippen LogP contribution in [-0.4, -0.2) is 41.9 Å². The van der Waals surface area contributed by atoms with Crippen molar-refractivity contribution in [1.29, 1.82) is 0 Å². The molecule has 1 aliphatic heterocycles. The van der Waals surface area contributed by atoms with Crippen LogP contribution in [0.5, 0.6) is 0 Å². The molecule has 0 N–H and O–H groups in total. The Bertz CT molecular complexity index is 414. The highest BCUT2D eigenvalue weighted by molar-refractivity contribution is 5.82. The van der Waals surface area contributed by atoms with E-state index in [-0.39, 0.29) is 5.91 Å². The lowest BCUT2D eigenvalue weighted by Gasteiger charge is -2.37. The van der Waals surface area contributed by atoms with Crippen molar-refractivity contribution in [2.45, 2.75) is 20.4 Å². The molecule has 0 saturated carbocycles. The van der Waals surface area contributed by atoms with E-state index >= 15 is 0 Å². The first-order valence-electron chi connectivity index (χ1n) is 6.88. The number of rotatable bonds is 3. The summed E-state index contributed by atoms with van der Waals surface area (Å²) >= 11 is 0. The molecule has 0 spiro atoms. The van der Waals surface area contributed by atoms with Crippen molar-refractivity contribution in [2.24, 2.45) is 5.41 Å². The third kappa shape index (κ3) is 3.80. The van der Waals surface area contributed by atoms with Crippen molar-refractivity contribution in [3.8, 4) is 0 Å². The van der Waals surface area contributed by atoms with Gasteiger partial charge in [-0.15, -0.1) is 0 Å². The van der Waals surface area contributed by atoms with Gasteiger partial charge >= 0.3 is 0 Å². The van der Waals surface area contributed by atoms with Crippen LogP contribution in [0, 0.1) is 12.3 Å². The highest BCUT2D eigenvalue weighted by atomic mass is 16.2. The molecular formula is C16H23N2O. The zero-order chi connectivity index (χ0) is 13.9. The van der Waals surface area contributed by atoms with E-state index in [1.54, 1.807) is 0 Å². The first kappa shape index (κ1) is 14.1. The average Bonchev–Trinajstić information content (AvgIpc) is 2.39. The van der Waals surface area contributed by atoms with Gasteiger partial charge in [-0.3, -0.25) is 9.69 Å². The molecule has 1 amide bonds. The molecule has 1 aliphatic rings. The molecule has 2 rings (SSSR count). The lowest BCUT2D eigenvalue weighted by Crippen LogP contribution is -2.51. The maximum Gasteiger partial charge on any atom is 0.228 e. The summed E-state index contributed by atoms with van der Waals surface area (Å²) in [7, 11) is 0. The predicted molar refractivity (Wildman–Crippen MR) is 77.4 cm³/mol. The van der Waals surface area contributed by atoms with Gasteiger partial charge in [-0.25, -0.2) is 0 Å². The molecule has 0 aliphatic carbocycles. The molecule has 0 bridgehead atoms. The monoisotopic (exact) mass is 259 g/mol. The molecule has 3 nitrogen and oxygen atoms in total. The molecule has 3 heteroatoms. The molecule has 1 saturated heterocycles. The van der Waals surface area contributed by atoms with Gasteiger partial charge in [0.25, 0.3) is 0 Å². The highest BCUT2D eigenvalue weighted by Crippen LogP contribution is 2.18. The number of benzene rings is 1. The lowest BCUT2D eigenvalue weighted by molar-refractivity contribution is -0.140. The highest BCUT2D eigenvalue weighted by Gasteiger charge is 2.29. The molecule has 0 atom stereocenters. The van der Waals surface area contributed by atoms with Crippen LogP contribution in [0.15, 0.2) is 30.3 Å². The fourth-order valence-electron chi connectivity index (χ4n) is 2.38. The number of nitrogens with zero attached hydrogens (tertiary/aromatic N) is 2. The van der Waals surface area contributed by atoms with Gasteiger partial charge in [-0.1, -0.05) is 44.2 Å². The fraction of sp³-hybridized carbons (Fsp3) is 0.500. The van der Waals surface area contributed by atoms with Crippen molar-refractivity contribution >= 4 is 5.91 Å². The van der Waals surface area contributed by atoms with Crippen molar-refractivity contribution in [2.75, 3.05) is 26.2 Å². The minimum Gasteiger partial charge on any atom is -0.340 e. The Labute approximate surface area is 116 Å². The fourth-order valence-corrected chi connectivity index (χ4v) is 2.38. The standard InChI is InChI=1S/C16H23N2O/c1-16(2,3)15(19)18-11-9-17(10-12-18)13-14-7-5-4-6-8-14/h4-8H,1,9-13H2,2-3H3. The molecule has 1 heterocycles. The van der Waals surface area contributed by atoms with E-state index in [0.29, 0.717) is 0 Å². The van der Waals surface area contributed by atoms with Gasteiger partial charge in [0, 0.05) is 38.1 Å². The molecule has 1 radical (unpaired) electrons. The van der Waals surface area contributed by atoms with Crippen LogP contribution in [0.1, 0.15) is 19.4 Å². The van der Waals surface area contributed by atoms with Crippen molar-refractivity contribution in [1.82, 2.24) is 9.80 Å². The third-order valence-corrected chi connectivity index (χ3v) is 3.49. The summed E-state index contributed by atoms with van der Waals surface area (Å²) in [6.45, 7) is 12.2. The number of hydrogen-bond acceptors (Lipinski definition) is 2. The number of hydrogen-bond donors (Lipinski definition) is 0. The SMILES string of the molecule is [CH2]C(C)(C)C(=O)N1CCN(Cc2ccccc2)CC1. The Morgan fingerprint density at radius 1 is 1.16 bits per heavy atom. The third-order valence-electron chi connectivity index (χ3n) is 3.49. The Morgan fingerprint density at radius 3 is 2.26 bits per heavy atom. The summed E-state index contributed by atoms with van der Waals surface area (Å²) < 4.78 is 0. The Hall–Kier alpha value is -1.35. The van der Waals surface area contributed by atoms with Gasteiger partial charge in [0.05, 0.1) is 0 Å². The molecule has 1 aromatic rings. The van der Waals surface area contributed by atoms with Gasteiger partial charge in [-0.2, -0.15) is 0 Å². The summed E-state index contributed by atoms with van der Waals surface area (Å²) in [4.78, 5) is 16.5. The second-order valence-electron chi connectivity index (χ2n) is 5.94. The van der Waals surface area contributed by atoms with Crippen LogP contribution in [0.25, 0.3) is 0 Å². The predicted octanol–water partition coefficient (Wildman–Crippen LogP) is 2.19. The van der Waals surface area contributed by atoms with E-state index in [2.05, 4.69) is 36.1 Å². The molecule has 1 aromatic carbocycles. The second-order valence-corrected chi connectivity index (χ2v) is 5.94. The van der Waals surface area contributed by atoms with E-state index in [1.807, 2.05) is 24.8 Å². The maximum absolute atomic E-state index is 12.1. The van der Waals surface area contributed by atoms with Crippen LogP contribution in [-0.2, 0) is 11.3 Å². The van der Waals surface area contributed by atoms with E-state index in [0.717, 1.165) is 32.7 Å². The van der Waals surface area contributed by atoms with E-state index in [9.17, 15) is 4.79 Å². The van der Waals surface area contributed by atoms with Gasteiger partial charge in [0.2, 0.25) is 5.91 Å². The summed E-state index contributed by atoms with van der Waals surface area (Å²) in [6.07, 6.45) is 0. The summed E-state index contributed by atoms with van der Waals surface area (Å²) in [5.41, 5.74) is 0.821. The van der Waals surface area contributed by atoms with Gasteiger partial charge in [0.15, 0.2) is 0 Å². The topological polar surface area (TPSA) is 23.6 Å². The molecule has 103 valence electrons. The number of amides is 1. The van der Waals surface area contributed by atoms with E-state index in [1.165, 1.54) is 5.56 Å². The Morgan fingerprint density at radius 2 is 1.74 bits per heavy atom. The van der Waals surface area contributed by atoms with Gasteiger partial charge < -0.3 is 4.90 Å². The molecular weight excluding hydrogens is 236 g/mol. The quantitative estimate of drug-likeness (QED) is 0.831. The average molecular weight is 259 g/mol. The minimum atomic E-state index is -0.512. The number of carbonyl (C=O) groups is 1. The van der Waals surface area contributed by atoms with Crippen LogP contribution < -0.4 is 0 Å². The zero-order valence-corrected chi connectivity index (χ0v) is 11.9. The minimum absolute atomic E-state index is 0.159. The van der Waals surface area contributed by atoms with Gasteiger partial charge in [0.1, 0.15) is 0 Å². The summed E-state index contributed by atoms with van der Waals surface area (Å²) in [5, 5.41) is 0. The summed E-state index contributed by atoms with van der Waals surface area (Å²) in [6, 6.07) is 10.5. The molecule has 0 unspecified atom stereocenters. The second kappa shape index (κ2) is 5.74. The van der Waals surface area contributed by atoms with Crippen molar-refractivity contribution < 1.29 is 4.79 Å². The van der Waals surface area contributed by atoms with Crippen LogP contribution in [0.4, 0.5) is 0 Å². The number of piperazine rings is 1. The van der Waals surface area contributed by atoms with Gasteiger partial charge in [-0.05, 0) is 12.5 Å².